The van der Waals surface area contributed by atoms with Crippen molar-refractivity contribution < 1.29 is 4.79 Å². The van der Waals surface area contributed by atoms with Crippen LogP contribution in [-0.4, -0.2) is 34.7 Å². The minimum absolute atomic E-state index is 0.0765. The van der Waals surface area contributed by atoms with Crippen molar-refractivity contribution in [2.24, 2.45) is 17.4 Å². The van der Waals surface area contributed by atoms with Crippen LogP contribution >= 0.6 is 12.2 Å². The summed E-state index contributed by atoms with van der Waals surface area (Å²) in [5, 5.41) is 7.62. The molecule has 0 aliphatic rings. The normalized spacial score (nSPS) is 11.9. The van der Waals surface area contributed by atoms with Crippen LogP contribution in [0.4, 0.5) is 5.82 Å². The van der Waals surface area contributed by atoms with Crippen molar-refractivity contribution >= 4 is 28.9 Å². The largest absolute Gasteiger partial charge is 0.393 e. The van der Waals surface area contributed by atoms with E-state index >= 15 is 0 Å². The van der Waals surface area contributed by atoms with Gasteiger partial charge in [0.25, 0.3) is 5.91 Å². The van der Waals surface area contributed by atoms with Gasteiger partial charge in [0.15, 0.2) is 11.5 Å². The fourth-order valence-corrected chi connectivity index (χ4v) is 1.33. The molecule has 1 aromatic heterocycles. The Bertz CT molecular complexity index is 419. The lowest BCUT2D eigenvalue weighted by atomic mass is 10.2. The number of nitrogens with two attached hydrogens (primary N) is 2. The number of carbonyl (C=O) groups excluding carboxylic acids is 1. The summed E-state index contributed by atoms with van der Waals surface area (Å²) in [7, 11) is 1.85. The topological polar surface area (TPSA) is 98.1 Å². The molecule has 17 heavy (non-hydrogen) atoms. The molecule has 0 aromatic carbocycles. The zero-order chi connectivity index (χ0) is 13.0. The molecule has 7 heteroatoms. The van der Waals surface area contributed by atoms with Crippen LogP contribution in [0.2, 0.25) is 0 Å². The van der Waals surface area contributed by atoms with Crippen molar-refractivity contribution in [3.63, 3.8) is 0 Å². The maximum absolute atomic E-state index is 10.8. The minimum Gasteiger partial charge on any atom is -0.393 e. The number of carbonyl (C=O) groups is 1. The molecule has 0 saturated carbocycles. The van der Waals surface area contributed by atoms with Crippen LogP contribution in [0.25, 0.3) is 0 Å². The third-order valence-corrected chi connectivity index (χ3v) is 2.73. The predicted octanol–water partition coefficient (Wildman–Crippen LogP) is -0.0661. The summed E-state index contributed by atoms with van der Waals surface area (Å²) in [4.78, 5) is 13.1. The number of nitrogens with zero attached hydrogens (tertiary/aromatic N) is 3. The van der Waals surface area contributed by atoms with Crippen LogP contribution in [0, 0.1) is 5.92 Å². The van der Waals surface area contributed by atoms with Gasteiger partial charge in [0, 0.05) is 19.5 Å². The number of hydrogen-bond acceptors (Lipinski definition) is 5. The Morgan fingerprint density at radius 1 is 1.47 bits per heavy atom. The van der Waals surface area contributed by atoms with Gasteiger partial charge in [0.05, 0.1) is 4.99 Å². The number of primary amides is 1. The highest BCUT2D eigenvalue weighted by molar-refractivity contribution is 7.80. The van der Waals surface area contributed by atoms with E-state index in [0.717, 1.165) is 0 Å². The van der Waals surface area contributed by atoms with Gasteiger partial charge in [-0.1, -0.05) is 19.1 Å². The highest BCUT2D eigenvalue weighted by Gasteiger charge is 2.11. The molecule has 0 saturated heterocycles. The summed E-state index contributed by atoms with van der Waals surface area (Å²) in [5.41, 5.74) is 10.7. The van der Waals surface area contributed by atoms with E-state index in [9.17, 15) is 4.79 Å². The molecular formula is C10H15N5OS. The SMILES string of the molecule is CC(CN(C)c1ccc(C(N)=O)nn1)C(N)=S. The molecular weight excluding hydrogens is 238 g/mol. The monoisotopic (exact) mass is 253 g/mol. The van der Waals surface area contributed by atoms with Crippen LogP contribution < -0.4 is 16.4 Å². The Morgan fingerprint density at radius 2 is 2.12 bits per heavy atom. The highest BCUT2D eigenvalue weighted by Crippen LogP contribution is 2.09. The fourth-order valence-electron chi connectivity index (χ4n) is 1.25. The van der Waals surface area contributed by atoms with Crippen molar-refractivity contribution in [3.8, 4) is 0 Å². The average Bonchev–Trinajstić information content (AvgIpc) is 2.28. The number of rotatable bonds is 5. The summed E-state index contributed by atoms with van der Waals surface area (Å²) in [6.45, 7) is 2.57. The quantitative estimate of drug-likeness (QED) is 0.713. The number of hydrogen-bond donors (Lipinski definition) is 2. The van der Waals surface area contributed by atoms with Crippen molar-refractivity contribution in [1.29, 1.82) is 0 Å². The van der Waals surface area contributed by atoms with Gasteiger partial charge in [-0.15, -0.1) is 10.2 Å². The molecule has 1 heterocycles. The first kappa shape index (κ1) is 13.3. The highest BCUT2D eigenvalue weighted by atomic mass is 32.1. The molecule has 1 rings (SSSR count). The Hall–Kier alpha value is -1.76. The summed E-state index contributed by atoms with van der Waals surface area (Å²) in [6.07, 6.45) is 0. The lowest BCUT2D eigenvalue weighted by molar-refractivity contribution is 0.0994. The second-order valence-corrected chi connectivity index (χ2v) is 4.30. The van der Waals surface area contributed by atoms with Crippen LogP contribution in [0.15, 0.2) is 12.1 Å². The molecule has 0 spiro atoms. The maximum Gasteiger partial charge on any atom is 0.269 e. The van der Waals surface area contributed by atoms with E-state index in [-0.39, 0.29) is 11.6 Å². The van der Waals surface area contributed by atoms with Gasteiger partial charge in [0.1, 0.15) is 0 Å². The lowest BCUT2D eigenvalue weighted by Gasteiger charge is -2.21. The summed E-state index contributed by atoms with van der Waals surface area (Å²) in [5.74, 6) is 0.119. The van der Waals surface area contributed by atoms with Crippen molar-refractivity contribution in [2.75, 3.05) is 18.5 Å². The molecule has 1 amide bonds. The molecule has 92 valence electrons. The van der Waals surface area contributed by atoms with Crippen LogP contribution in [0.5, 0.6) is 0 Å². The molecule has 1 atom stereocenters. The zero-order valence-corrected chi connectivity index (χ0v) is 10.6. The molecule has 1 unspecified atom stereocenters. The maximum atomic E-state index is 10.8. The first-order valence-corrected chi connectivity index (χ1v) is 5.46. The van der Waals surface area contributed by atoms with E-state index in [4.69, 9.17) is 23.7 Å². The molecule has 0 bridgehead atoms. The molecule has 0 radical (unpaired) electrons. The van der Waals surface area contributed by atoms with E-state index < -0.39 is 5.91 Å². The van der Waals surface area contributed by atoms with E-state index in [1.807, 2.05) is 18.9 Å². The third-order valence-electron chi connectivity index (χ3n) is 2.33. The Labute approximate surface area is 105 Å². The van der Waals surface area contributed by atoms with Crippen LogP contribution in [0.3, 0.4) is 0 Å². The van der Waals surface area contributed by atoms with Gasteiger partial charge in [-0.2, -0.15) is 0 Å². The van der Waals surface area contributed by atoms with E-state index in [1.165, 1.54) is 6.07 Å². The first-order valence-electron chi connectivity index (χ1n) is 5.05. The summed E-state index contributed by atoms with van der Waals surface area (Å²) >= 11 is 4.90. The molecule has 0 aliphatic heterocycles. The van der Waals surface area contributed by atoms with Crippen molar-refractivity contribution in [1.82, 2.24) is 10.2 Å². The second-order valence-electron chi connectivity index (χ2n) is 3.82. The first-order chi connectivity index (χ1) is 7.91. The van der Waals surface area contributed by atoms with Gasteiger partial charge >= 0.3 is 0 Å². The van der Waals surface area contributed by atoms with Gasteiger partial charge in [0.2, 0.25) is 0 Å². The average molecular weight is 253 g/mol. The Morgan fingerprint density at radius 3 is 2.53 bits per heavy atom. The van der Waals surface area contributed by atoms with Gasteiger partial charge in [-0.3, -0.25) is 4.79 Å². The Kier molecular flexibility index (Phi) is 4.33. The minimum atomic E-state index is -0.594. The molecule has 0 aliphatic carbocycles. The summed E-state index contributed by atoms with van der Waals surface area (Å²) < 4.78 is 0. The van der Waals surface area contributed by atoms with Crippen LogP contribution in [0.1, 0.15) is 17.4 Å². The second kappa shape index (κ2) is 5.53. The van der Waals surface area contributed by atoms with E-state index in [2.05, 4.69) is 10.2 Å². The van der Waals surface area contributed by atoms with Gasteiger partial charge in [-0.25, -0.2) is 0 Å². The Balaban J connectivity index is 2.73. The zero-order valence-electron chi connectivity index (χ0n) is 9.75. The smallest absolute Gasteiger partial charge is 0.269 e. The number of thiocarbonyl (C=S) groups is 1. The number of amides is 1. The molecule has 1 aromatic rings. The number of aromatic nitrogens is 2. The van der Waals surface area contributed by atoms with Gasteiger partial charge < -0.3 is 16.4 Å². The van der Waals surface area contributed by atoms with Crippen LogP contribution in [-0.2, 0) is 0 Å². The molecule has 0 fully saturated rings. The van der Waals surface area contributed by atoms with Crippen molar-refractivity contribution in [3.05, 3.63) is 17.8 Å². The van der Waals surface area contributed by atoms with E-state index in [0.29, 0.717) is 17.4 Å². The standard InChI is InChI=1S/C10H15N5OS/c1-6(10(12)17)5-15(2)8-4-3-7(9(11)16)13-14-8/h3-4,6H,5H2,1-2H3,(H2,11,16)(H2,12,17). The summed E-state index contributed by atoms with van der Waals surface area (Å²) in [6, 6.07) is 3.21. The van der Waals surface area contributed by atoms with E-state index in [1.54, 1.807) is 6.07 Å². The lowest BCUT2D eigenvalue weighted by Crippen LogP contribution is -2.32. The molecule has 6 nitrogen and oxygen atoms in total. The third kappa shape index (κ3) is 3.63. The predicted molar refractivity (Wildman–Crippen MR) is 69.8 cm³/mol. The fraction of sp³-hybridized carbons (Fsp3) is 0.400. The van der Waals surface area contributed by atoms with Crippen molar-refractivity contribution in [2.45, 2.75) is 6.92 Å². The number of anilines is 1. The van der Waals surface area contributed by atoms with Gasteiger partial charge in [-0.05, 0) is 12.1 Å². The molecule has 4 N–H and O–H groups in total.